The van der Waals surface area contributed by atoms with Crippen LogP contribution < -0.4 is 5.32 Å². The van der Waals surface area contributed by atoms with Crippen molar-refractivity contribution in [1.82, 2.24) is 0 Å². The zero-order valence-electron chi connectivity index (χ0n) is 12.1. The van der Waals surface area contributed by atoms with Crippen LogP contribution in [0.25, 0.3) is 0 Å². The molecule has 0 aliphatic carbocycles. The molecule has 0 saturated carbocycles. The van der Waals surface area contributed by atoms with E-state index < -0.39 is 23.2 Å². The van der Waals surface area contributed by atoms with Gasteiger partial charge in [-0.3, -0.25) is 9.59 Å². The molecule has 0 saturated heterocycles. The van der Waals surface area contributed by atoms with Crippen LogP contribution in [0.15, 0.2) is 18.2 Å². The number of carboxylic acid groups (broad SMARTS) is 1. The molecule has 1 atom stereocenters. The Morgan fingerprint density at radius 2 is 1.79 bits per heavy atom. The molecule has 0 spiro atoms. The maximum absolute atomic E-state index is 12.2. The number of hydrogen-bond donors (Lipinski definition) is 2. The highest BCUT2D eigenvalue weighted by Gasteiger charge is 2.37. The van der Waals surface area contributed by atoms with Crippen molar-refractivity contribution >= 4 is 17.6 Å². The number of amides is 1. The monoisotopic (exact) mass is 263 g/mol. The van der Waals surface area contributed by atoms with E-state index in [1.165, 1.54) is 0 Å². The molecule has 1 unspecified atom stereocenters. The maximum atomic E-state index is 12.2. The van der Waals surface area contributed by atoms with Gasteiger partial charge in [0.05, 0.1) is 0 Å². The Hall–Kier alpha value is -1.84. The van der Waals surface area contributed by atoms with Crippen LogP contribution in [-0.4, -0.2) is 17.0 Å². The fourth-order valence-electron chi connectivity index (χ4n) is 1.95. The van der Waals surface area contributed by atoms with Gasteiger partial charge < -0.3 is 10.4 Å². The van der Waals surface area contributed by atoms with Gasteiger partial charge in [-0.25, -0.2) is 0 Å². The molecule has 0 heterocycles. The zero-order chi connectivity index (χ0) is 14.8. The molecule has 4 heteroatoms. The van der Waals surface area contributed by atoms with Crippen LogP contribution in [0.1, 0.15) is 31.9 Å². The standard InChI is InChI=1S/C15H21NO3/c1-9-6-7-10(2)11(8-9)16-13(17)12(14(18)19)15(3,4)5/h6-8,12H,1-5H3,(H,16,17)(H,18,19). The van der Waals surface area contributed by atoms with Crippen molar-refractivity contribution in [2.24, 2.45) is 11.3 Å². The third kappa shape index (κ3) is 3.81. The van der Waals surface area contributed by atoms with Crippen LogP contribution in [-0.2, 0) is 9.59 Å². The molecule has 0 aliphatic heterocycles. The highest BCUT2D eigenvalue weighted by molar-refractivity contribution is 6.05. The van der Waals surface area contributed by atoms with E-state index in [9.17, 15) is 14.7 Å². The minimum absolute atomic E-state index is 0.478. The van der Waals surface area contributed by atoms with Crippen molar-refractivity contribution in [1.29, 1.82) is 0 Å². The number of anilines is 1. The second-order valence-electron chi connectivity index (χ2n) is 5.94. The third-order valence-corrected chi connectivity index (χ3v) is 3.03. The Morgan fingerprint density at radius 3 is 2.26 bits per heavy atom. The number of aliphatic carboxylic acids is 1. The Balaban J connectivity index is 3.01. The van der Waals surface area contributed by atoms with Gasteiger partial charge in [-0.2, -0.15) is 0 Å². The second-order valence-corrected chi connectivity index (χ2v) is 5.94. The molecule has 0 bridgehead atoms. The van der Waals surface area contributed by atoms with Crippen LogP contribution in [0.3, 0.4) is 0 Å². The SMILES string of the molecule is Cc1ccc(C)c(NC(=O)C(C(=O)O)C(C)(C)C)c1. The van der Waals surface area contributed by atoms with Gasteiger partial charge in [0.15, 0.2) is 0 Å². The van der Waals surface area contributed by atoms with Crippen LogP contribution in [0.4, 0.5) is 5.69 Å². The lowest BCUT2D eigenvalue weighted by Gasteiger charge is -2.26. The van der Waals surface area contributed by atoms with Gasteiger partial charge in [-0.15, -0.1) is 0 Å². The number of hydrogen-bond acceptors (Lipinski definition) is 2. The Kier molecular flexibility index (Phi) is 4.35. The Labute approximate surface area is 113 Å². The minimum Gasteiger partial charge on any atom is -0.481 e. The molecule has 0 aliphatic rings. The van der Waals surface area contributed by atoms with E-state index in [0.29, 0.717) is 5.69 Å². The van der Waals surface area contributed by atoms with Crippen molar-refractivity contribution in [3.05, 3.63) is 29.3 Å². The first-order valence-electron chi connectivity index (χ1n) is 6.24. The summed E-state index contributed by atoms with van der Waals surface area (Å²) in [5.41, 5.74) is 1.97. The van der Waals surface area contributed by atoms with E-state index in [1.54, 1.807) is 20.8 Å². The zero-order valence-corrected chi connectivity index (χ0v) is 12.1. The summed E-state index contributed by atoms with van der Waals surface area (Å²) in [5.74, 6) is -2.66. The molecule has 0 aromatic heterocycles. The average molecular weight is 263 g/mol. The van der Waals surface area contributed by atoms with Crippen LogP contribution in [0.5, 0.6) is 0 Å². The summed E-state index contributed by atoms with van der Waals surface area (Å²) in [5, 5.41) is 11.9. The van der Waals surface area contributed by atoms with E-state index in [0.717, 1.165) is 11.1 Å². The van der Waals surface area contributed by atoms with Crippen molar-refractivity contribution in [2.45, 2.75) is 34.6 Å². The first-order valence-corrected chi connectivity index (χ1v) is 6.24. The van der Waals surface area contributed by atoms with Gasteiger partial charge >= 0.3 is 5.97 Å². The van der Waals surface area contributed by atoms with Gasteiger partial charge in [0, 0.05) is 5.69 Å². The predicted octanol–water partition coefficient (Wildman–Crippen LogP) is 2.99. The molecule has 104 valence electrons. The quantitative estimate of drug-likeness (QED) is 0.824. The summed E-state index contributed by atoms with van der Waals surface area (Å²) in [4.78, 5) is 23.4. The summed E-state index contributed by atoms with van der Waals surface area (Å²) in [6.45, 7) is 9.03. The minimum atomic E-state index is -1.10. The Morgan fingerprint density at radius 1 is 1.21 bits per heavy atom. The summed E-state index contributed by atoms with van der Waals surface area (Å²) in [6.07, 6.45) is 0. The molecule has 4 nitrogen and oxygen atoms in total. The number of carbonyl (C=O) groups is 2. The van der Waals surface area contributed by atoms with Crippen LogP contribution >= 0.6 is 0 Å². The number of nitrogens with one attached hydrogen (secondary N) is 1. The van der Waals surface area contributed by atoms with Gasteiger partial charge in [0.2, 0.25) is 5.91 Å². The molecule has 1 amide bonds. The van der Waals surface area contributed by atoms with Gasteiger partial charge in [-0.05, 0) is 36.5 Å². The number of rotatable bonds is 3. The smallest absolute Gasteiger partial charge is 0.316 e. The van der Waals surface area contributed by atoms with E-state index in [2.05, 4.69) is 5.32 Å². The van der Waals surface area contributed by atoms with Crippen molar-refractivity contribution < 1.29 is 14.7 Å². The summed E-state index contributed by atoms with van der Waals surface area (Å²) in [6, 6.07) is 5.69. The summed E-state index contributed by atoms with van der Waals surface area (Å²) >= 11 is 0. The maximum Gasteiger partial charge on any atom is 0.316 e. The van der Waals surface area contributed by atoms with Crippen LogP contribution in [0, 0.1) is 25.2 Å². The predicted molar refractivity (Wildman–Crippen MR) is 75.1 cm³/mol. The summed E-state index contributed by atoms with van der Waals surface area (Å²) < 4.78 is 0. The first kappa shape index (κ1) is 15.2. The molecule has 19 heavy (non-hydrogen) atoms. The fraction of sp³-hybridized carbons (Fsp3) is 0.467. The lowest BCUT2D eigenvalue weighted by atomic mass is 9.80. The highest BCUT2D eigenvalue weighted by Crippen LogP contribution is 2.28. The number of carbonyl (C=O) groups excluding carboxylic acids is 1. The first-order chi connectivity index (χ1) is 8.62. The normalized spacial score (nSPS) is 12.9. The highest BCUT2D eigenvalue weighted by atomic mass is 16.4. The lowest BCUT2D eigenvalue weighted by molar-refractivity contribution is -0.149. The van der Waals surface area contributed by atoms with E-state index in [-0.39, 0.29) is 0 Å². The topological polar surface area (TPSA) is 66.4 Å². The molecule has 1 rings (SSSR count). The molecule has 2 N–H and O–H groups in total. The largest absolute Gasteiger partial charge is 0.481 e. The molecular formula is C15H21NO3. The van der Waals surface area contributed by atoms with Crippen molar-refractivity contribution in [2.75, 3.05) is 5.32 Å². The molecule has 1 aromatic rings. The third-order valence-electron chi connectivity index (χ3n) is 3.03. The molecule has 0 fully saturated rings. The van der Waals surface area contributed by atoms with Gasteiger partial charge in [-0.1, -0.05) is 32.9 Å². The molecular weight excluding hydrogens is 242 g/mol. The molecule has 0 radical (unpaired) electrons. The summed E-state index contributed by atoms with van der Waals surface area (Å²) in [7, 11) is 0. The van der Waals surface area contributed by atoms with Gasteiger partial charge in [0.1, 0.15) is 5.92 Å². The average Bonchev–Trinajstić information content (AvgIpc) is 2.20. The molecule has 1 aromatic carbocycles. The van der Waals surface area contributed by atoms with Crippen LogP contribution in [0.2, 0.25) is 0 Å². The van der Waals surface area contributed by atoms with E-state index in [4.69, 9.17) is 0 Å². The Bertz CT molecular complexity index is 501. The fourth-order valence-corrected chi connectivity index (χ4v) is 1.95. The number of benzene rings is 1. The second kappa shape index (κ2) is 5.43. The van der Waals surface area contributed by atoms with Gasteiger partial charge in [0.25, 0.3) is 0 Å². The lowest BCUT2D eigenvalue weighted by Crippen LogP contribution is -2.39. The number of carboxylic acids is 1. The van der Waals surface area contributed by atoms with E-state index >= 15 is 0 Å². The van der Waals surface area contributed by atoms with E-state index in [1.807, 2.05) is 32.0 Å². The van der Waals surface area contributed by atoms with Crippen molar-refractivity contribution in [3.8, 4) is 0 Å². The number of aryl methyl sites for hydroxylation is 2. The van der Waals surface area contributed by atoms with Crippen molar-refractivity contribution in [3.63, 3.8) is 0 Å².